The van der Waals surface area contributed by atoms with E-state index in [-0.39, 0.29) is 24.0 Å². The minimum atomic E-state index is -0.131. The van der Waals surface area contributed by atoms with E-state index < -0.39 is 0 Å². The molecule has 2 aliphatic heterocycles. The summed E-state index contributed by atoms with van der Waals surface area (Å²) in [5.74, 6) is 0. The molecule has 2 aliphatic rings. The van der Waals surface area contributed by atoms with E-state index in [4.69, 9.17) is 4.74 Å². The Hall–Kier alpha value is 0.170. The number of aliphatic hydroxyl groups is 1. The molecule has 0 aliphatic carbocycles. The van der Waals surface area contributed by atoms with Crippen LogP contribution >= 0.6 is 12.4 Å². The molecule has 0 radical (unpaired) electrons. The van der Waals surface area contributed by atoms with Gasteiger partial charge in [0.15, 0.2) is 0 Å². The van der Waals surface area contributed by atoms with Gasteiger partial charge in [0.25, 0.3) is 0 Å². The summed E-state index contributed by atoms with van der Waals surface area (Å²) in [4.78, 5) is 0. The standard InChI is InChI=1S/C8H15NO2.ClH/c10-7-5-8(9-6-7)1-3-11-4-2-8;/h7,9-10H,1-6H2;1H. The van der Waals surface area contributed by atoms with Crippen molar-refractivity contribution in [3.63, 3.8) is 0 Å². The SMILES string of the molecule is Cl.OC1CNC2(CCOCC2)C1. The number of β-amino-alcohol motifs (C(OH)–C–C–N with tert-alkyl or cyclic N) is 1. The fraction of sp³-hybridized carbons (Fsp3) is 1.00. The van der Waals surface area contributed by atoms with E-state index >= 15 is 0 Å². The molecule has 0 amide bonds. The minimum Gasteiger partial charge on any atom is -0.392 e. The number of ether oxygens (including phenoxy) is 1. The van der Waals surface area contributed by atoms with Crippen LogP contribution in [0.5, 0.6) is 0 Å². The highest BCUT2D eigenvalue weighted by molar-refractivity contribution is 5.85. The van der Waals surface area contributed by atoms with Crippen molar-refractivity contribution in [2.75, 3.05) is 19.8 Å². The van der Waals surface area contributed by atoms with E-state index in [9.17, 15) is 5.11 Å². The van der Waals surface area contributed by atoms with Crippen LogP contribution in [0.4, 0.5) is 0 Å². The van der Waals surface area contributed by atoms with Crippen molar-refractivity contribution in [2.24, 2.45) is 0 Å². The lowest BCUT2D eigenvalue weighted by atomic mass is 9.88. The molecule has 2 fully saturated rings. The van der Waals surface area contributed by atoms with Gasteiger partial charge in [0.1, 0.15) is 0 Å². The minimum absolute atomic E-state index is 0. The van der Waals surface area contributed by atoms with E-state index in [1.807, 2.05) is 0 Å². The third-order valence-corrected chi connectivity index (χ3v) is 2.79. The van der Waals surface area contributed by atoms with Crippen molar-refractivity contribution >= 4 is 12.4 Å². The van der Waals surface area contributed by atoms with Crippen molar-refractivity contribution in [3.05, 3.63) is 0 Å². The van der Waals surface area contributed by atoms with Gasteiger partial charge in [-0.2, -0.15) is 0 Å². The summed E-state index contributed by atoms with van der Waals surface area (Å²) in [6, 6.07) is 0. The van der Waals surface area contributed by atoms with Crippen LogP contribution in [0.15, 0.2) is 0 Å². The third-order valence-electron chi connectivity index (χ3n) is 2.79. The molecule has 3 nitrogen and oxygen atoms in total. The normalized spacial score (nSPS) is 33.2. The largest absolute Gasteiger partial charge is 0.392 e. The molecule has 1 atom stereocenters. The maximum absolute atomic E-state index is 9.34. The van der Waals surface area contributed by atoms with E-state index in [2.05, 4.69) is 5.32 Å². The Morgan fingerprint density at radius 1 is 1.33 bits per heavy atom. The fourth-order valence-corrected chi connectivity index (χ4v) is 2.07. The molecule has 4 heteroatoms. The van der Waals surface area contributed by atoms with Crippen LogP contribution in [-0.2, 0) is 4.74 Å². The molecule has 2 heterocycles. The van der Waals surface area contributed by atoms with Gasteiger partial charge < -0.3 is 15.2 Å². The molecule has 0 aromatic carbocycles. The molecule has 2 rings (SSSR count). The van der Waals surface area contributed by atoms with Crippen LogP contribution in [0.3, 0.4) is 0 Å². The molecule has 1 unspecified atom stereocenters. The van der Waals surface area contributed by atoms with Crippen molar-refractivity contribution in [1.29, 1.82) is 0 Å². The van der Waals surface area contributed by atoms with Crippen LogP contribution in [-0.4, -0.2) is 36.5 Å². The molecular formula is C8H16ClNO2. The maximum Gasteiger partial charge on any atom is 0.0682 e. The van der Waals surface area contributed by atoms with Gasteiger partial charge in [0.05, 0.1) is 6.10 Å². The van der Waals surface area contributed by atoms with Gasteiger partial charge in [-0.05, 0) is 19.3 Å². The van der Waals surface area contributed by atoms with Gasteiger partial charge in [-0.25, -0.2) is 0 Å². The number of aliphatic hydroxyl groups excluding tert-OH is 1. The summed E-state index contributed by atoms with van der Waals surface area (Å²) in [7, 11) is 0. The Balaban J connectivity index is 0.000000720. The number of halogens is 1. The molecule has 0 aromatic rings. The van der Waals surface area contributed by atoms with Crippen LogP contribution in [0.25, 0.3) is 0 Å². The summed E-state index contributed by atoms with van der Waals surface area (Å²) >= 11 is 0. The number of nitrogens with one attached hydrogen (secondary N) is 1. The van der Waals surface area contributed by atoms with Crippen LogP contribution < -0.4 is 5.32 Å². The zero-order valence-electron chi connectivity index (χ0n) is 7.08. The van der Waals surface area contributed by atoms with Crippen LogP contribution in [0.1, 0.15) is 19.3 Å². The summed E-state index contributed by atoms with van der Waals surface area (Å²) in [6.45, 7) is 2.46. The van der Waals surface area contributed by atoms with Crippen LogP contribution in [0, 0.1) is 0 Å². The van der Waals surface area contributed by atoms with Gasteiger partial charge >= 0.3 is 0 Å². The van der Waals surface area contributed by atoms with Crippen molar-refractivity contribution in [2.45, 2.75) is 30.9 Å². The molecular weight excluding hydrogens is 178 g/mol. The average Bonchev–Trinajstić information content (AvgIpc) is 2.34. The summed E-state index contributed by atoms with van der Waals surface area (Å²) in [6.07, 6.45) is 2.90. The zero-order chi connectivity index (χ0) is 7.73. The quantitative estimate of drug-likeness (QED) is 0.582. The van der Waals surface area contributed by atoms with Crippen molar-refractivity contribution in [3.8, 4) is 0 Å². The Morgan fingerprint density at radius 3 is 2.50 bits per heavy atom. The van der Waals surface area contributed by atoms with Crippen molar-refractivity contribution in [1.82, 2.24) is 5.32 Å². The van der Waals surface area contributed by atoms with E-state index in [0.29, 0.717) is 0 Å². The monoisotopic (exact) mass is 193 g/mol. The summed E-state index contributed by atoms with van der Waals surface area (Å²) < 4.78 is 5.27. The third kappa shape index (κ3) is 1.91. The van der Waals surface area contributed by atoms with Crippen molar-refractivity contribution < 1.29 is 9.84 Å². The number of hydrogen-bond acceptors (Lipinski definition) is 3. The predicted octanol–water partition coefficient (Wildman–Crippen LogP) is 0.312. The smallest absolute Gasteiger partial charge is 0.0682 e. The second kappa shape index (κ2) is 3.92. The van der Waals surface area contributed by atoms with E-state index in [0.717, 1.165) is 39.0 Å². The first-order valence-corrected chi connectivity index (χ1v) is 4.32. The average molecular weight is 194 g/mol. The van der Waals surface area contributed by atoms with Gasteiger partial charge in [-0.15, -0.1) is 12.4 Å². The van der Waals surface area contributed by atoms with Gasteiger partial charge in [0.2, 0.25) is 0 Å². The van der Waals surface area contributed by atoms with Gasteiger partial charge in [-0.3, -0.25) is 0 Å². The molecule has 2 N–H and O–H groups in total. The highest BCUT2D eigenvalue weighted by atomic mass is 35.5. The lowest BCUT2D eigenvalue weighted by molar-refractivity contribution is 0.0410. The Labute approximate surface area is 78.9 Å². The maximum atomic E-state index is 9.34. The van der Waals surface area contributed by atoms with E-state index in [1.54, 1.807) is 0 Å². The lowest BCUT2D eigenvalue weighted by Crippen LogP contribution is -2.44. The molecule has 72 valence electrons. The highest BCUT2D eigenvalue weighted by Gasteiger charge is 2.38. The molecule has 2 saturated heterocycles. The molecule has 1 spiro atoms. The fourth-order valence-electron chi connectivity index (χ4n) is 2.07. The number of rotatable bonds is 0. The highest BCUT2D eigenvalue weighted by Crippen LogP contribution is 2.29. The lowest BCUT2D eigenvalue weighted by Gasteiger charge is -2.33. The Bertz CT molecular complexity index is 142. The van der Waals surface area contributed by atoms with E-state index in [1.165, 1.54) is 0 Å². The first kappa shape index (κ1) is 10.3. The first-order chi connectivity index (χ1) is 5.31. The molecule has 0 aromatic heterocycles. The molecule has 0 saturated carbocycles. The first-order valence-electron chi connectivity index (χ1n) is 4.32. The second-order valence-electron chi connectivity index (χ2n) is 3.63. The molecule has 12 heavy (non-hydrogen) atoms. The zero-order valence-corrected chi connectivity index (χ0v) is 7.90. The second-order valence-corrected chi connectivity index (χ2v) is 3.63. The number of hydrogen-bond donors (Lipinski definition) is 2. The Kier molecular flexibility index (Phi) is 3.35. The van der Waals surface area contributed by atoms with Gasteiger partial charge in [-0.1, -0.05) is 0 Å². The molecule has 0 bridgehead atoms. The predicted molar refractivity (Wildman–Crippen MR) is 48.7 cm³/mol. The summed E-state index contributed by atoms with van der Waals surface area (Å²) in [5, 5.41) is 12.7. The topological polar surface area (TPSA) is 41.5 Å². The summed E-state index contributed by atoms with van der Waals surface area (Å²) in [5.41, 5.74) is 0.220. The van der Waals surface area contributed by atoms with Crippen LogP contribution in [0.2, 0.25) is 0 Å². The Morgan fingerprint density at radius 2 is 2.00 bits per heavy atom. The van der Waals surface area contributed by atoms with Gasteiger partial charge in [0, 0.05) is 25.3 Å².